The quantitative estimate of drug-likeness (QED) is 0.200. The summed E-state index contributed by atoms with van der Waals surface area (Å²) in [5.74, 6) is -1.48. The van der Waals surface area contributed by atoms with E-state index < -0.39 is 16.9 Å². The number of imidazole rings is 1. The Morgan fingerprint density at radius 1 is 1.09 bits per heavy atom. The molecule has 3 aromatic rings. The molecule has 0 saturated heterocycles. The van der Waals surface area contributed by atoms with Crippen molar-refractivity contribution in [3.8, 4) is 0 Å². The molecule has 0 radical (unpaired) electrons. The van der Waals surface area contributed by atoms with E-state index in [0.717, 1.165) is 0 Å². The van der Waals surface area contributed by atoms with Gasteiger partial charge in [-0.3, -0.25) is 10.1 Å². The third-order valence-electron chi connectivity index (χ3n) is 4.49. The smallest absolute Gasteiger partial charge is 0.353 e. The number of nitrogens with zero attached hydrogens (tertiary/aromatic N) is 5. The molecular weight excluding hydrogens is 434 g/mol. The van der Waals surface area contributed by atoms with Crippen molar-refractivity contribution >= 4 is 34.9 Å². The van der Waals surface area contributed by atoms with E-state index in [2.05, 4.69) is 25.6 Å². The van der Waals surface area contributed by atoms with Gasteiger partial charge in [-0.1, -0.05) is 0 Å². The molecule has 13 heteroatoms. The number of rotatable bonds is 10. The maximum atomic E-state index is 12.0. The zero-order chi connectivity index (χ0) is 23.8. The Labute approximate surface area is 187 Å². The number of aryl methyl sites for hydroxylation is 1. The van der Waals surface area contributed by atoms with Gasteiger partial charge < -0.3 is 24.7 Å². The van der Waals surface area contributed by atoms with Gasteiger partial charge in [0.2, 0.25) is 11.6 Å². The molecule has 0 unspecified atom stereocenters. The van der Waals surface area contributed by atoms with E-state index in [4.69, 9.17) is 9.47 Å². The Balaban J connectivity index is 1.85. The first-order chi connectivity index (χ1) is 15.9. The Morgan fingerprint density at radius 3 is 2.33 bits per heavy atom. The standard InChI is InChI=1S/C20H21N7O6/c1-32-19(28)13-8-14(20(29)33-2)10-15(9-13)25-18-16(27(30)31)17(23-11-24-18)22-4-3-6-26-7-5-21-12-26/h5,7-12H,3-4,6H2,1-2H3,(H2,22,23,24,25). The fourth-order valence-electron chi connectivity index (χ4n) is 2.97. The van der Waals surface area contributed by atoms with Gasteiger partial charge in [0.1, 0.15) is 6.33 Å². The second-order valence-electron chi connectivity index (χ2n) is 6.66. The van der Waals surface area contributed by atoms with E-state index in [1.165, 1.54) is 38.7 Å². The van der Waals surface area contributed by atoms with Crippen molar-refractivity contribution in [2.75, 3.05) is 31.4 Å². The van der Waals surface area contributed by atoms with E-state index in [-0.39, 0.29) is 34.1 Å². The predicted molar refractivity (Wildman–Crippen MR) is 116 cm³/mol. The van der Waals surface area contributed by atoms with Gasteiger partial charge in [-0.25, -0.2) is 24.5 Å². The summed E-state index contributed by atoms with van der Waals surface area (Å²) < 4.78 is 11.3. The second-order valence-corrected chi connectivity index (χ2v) is 6.66. The van der Waals surface area contributed by atoms with Crippen molar-refractivity contribution in [3.63, 3.8) is 0 Å². The van der Waals surface area contributed by atoms with Crippen molar-refractivity contribution < 1.29 is 24.0 Å². The van der Waals surface area contributed by atoms with E-state index >= 15 is 0 Å². The normalized spacial score (nSPS) is 10.4. The molecule has 3 rings (SSSR count). The molecule has 0 aliphatic heterocycles. The van der Waals surface area contributed by atoms with Crippen molar-refractivity contribution in [3.05, 3.63) is 64.5 Å². The lowest BCUT2D eigenvalue weighted by Crippen LogP contribution is -2.11. The molecule has 0 saturated carbocycles. The highest BCUT2D eigenvalue weighted by Gasteiger charge is 2.24. The van der Waals surface area contributed by atoms with Gasteiger partial charge in [0.25, 0.3) is 0 Å². The van der Waals surface area contributed by atoms with Gasteiger partial charge in [-0.05, 0) is 24.6 Å². The molecule has 33 heavy (non-hydrogen) atoms. The van der Waals surface area contributed by atoms with Crippen LogP contribution in [0.2, 0.25) is 0 Å². The van der Waals surface area contributed by atoms with Crippen LogP contribution in [0.1, 0.15) is 27.1 Å². The highest BCUT2D eigenvalue weighted by molar-refractivity contribution is 5.97. The van der Waals surface area contributed by atoms with Crippen LogP contribution in [-0.2, 0) is 16.0 Å². The minimum Gasteiger partial charge on any atom is -0.465 e. The second kappa shape index (κ2) is 10.7. The molecule has 172 valence electrons. The molecule has 1 aromatic carbocycles. The summed E-state index contributed by atoms with van der Waals surface area (Å²) in [7, 11) is 2.39. The molecule has 2 N–H and O–H groups in total. The number of methoxy groups -OCH3 is 2. The molecule has 0 atom stereocenters. The molecule has 0 spiro atoms. The summed E-state index contributed by atoms with van der Waals surface area (Å²) >= 11 is 0. The molecule has 0 bridgehead atoms. The number of nitrogens with one attached hydrogen (secondary N) is 2. The molecule has 2 heterocycles. The van der Waals surface area contributed by atoms with Crippen LogP contribution in [0, 0.1) is 10.1 Å². The Hall–Kier alpha value is -4.55. The highest BCUT2D eigenvalue weighted by atomic mass is 16.6. The lowest BCUT2D eigenvalue weighted by molar-refractivity contribution is -0.383. The van der Waals surface area contributed by atoms with Gasteiger partial charge in [-0.2, -0.15) is 0 Å². The van der Waals surface area contributed by atoms with Crippen LogP contribution < -0.4 is 10.6 Å². The fraction of sp³-hybridized carbons (Fsp3) is 0.250. The first kappa shape index (κ1) is 23.1. The number of nitro groups is 1. The van der Waals surface area contributed by atoms with Crippen molar-refractivity contribution in [2.45, 2.75) is 13.0 Å². The van der Waals surface area contributed by atoms with Crippen molar-refractivity contribution in [1.82, 2.24) is 19.5 Å². The average molecular weight is 455 g/mol. The number of carbonyl (C=O) groups excluding carboxylic acids is 2. The van der Waals surface area contributed by atoms with Crippen molar-refractivity contribution in [2.24, 2.45) is 0 Å². The van der Waals surface area contributed by atoms with Crippen LogP contribution in [0.25, 0.3) is 0 Å². The van der Waals surface area contributed by atoms with Crippen molar-refractivity contribution in [1.29, 1.82) is 0 Å². The summed E-state index contributed by atoms with van der Waals surface area (Å²) in [5.41, 5.74) is -0.0794. The van der Waals surface area contributed by atoms with E-state index in [1.54, 1.807) is 12.5 Å². The van der Waals surface area contributed by atoms with E-state index in [9.17, 15) is 19.7 Å². The number of aromatic nitrogens is 4. The van der Waals surface area contributed by atoms with Gasteiger partial charge in [0, 0.05) is 31.2 Å². The summed E-state index contributed by atoms with van der Waals surface area (Å²) in [5, 5.41) is 17.5. The Kier molecular flexibility index (Phi) is 7.47. The minimum atomic E-state index is -0.693. The molecule has 0 aliphatic rings. The number of carbonyl (C=O) groups is 2. The number of anilines is 3. The van der Waals surface area contributed by atoms with Crippen LogP contribution >= 0.6 is 0 Å². The number of ether oxygens (including phenoxy) is 2. The van der Waals surface area contributed by atoms with Crippen LogP contribution in [0.5, 0.6) is 0 Å². The van der Waals surface area contributed by atoms with Crippen LogP contribution in [0.3, 0.4) is 0 Å². The first-order valence-corrected chi connectivity index (χ1v) is 9.70. The SMILES string of the molecule is COC(=O)c1cc(Nc2ncnc(NCCCn3ccnc3)c2[N+](=O)[O-])cc(C(=O)OC)c1. The fourth-order valence-corrected chi connectivity index (χ4v) is 2.97. The first-order valence-electron chi connectivity index (χ1n) is 9.70. The summed E-state index contributed by atoms with van der Waals surface area (Å²) in [6, 6.07) is 4.05. The molecule has 0 fully saturated rings. The molecular formula is C20H21N7O6. The predicted octanol–water partition coefficient (Wildman–Crippen LogP) is 2.40. The monoisotopic (exact) mass is 455 g/mol. The third kappa shape index (κ3) is 5.78. The van der Waals surface area contributed by atoms with Gasteiger partial charge in [-0.15, -0.1) is 0 Å². The minimum absolute atomic E-state index is 0.0282. The average Bonchev–Trinajstić information content (AvgIpc) is 3.34. The zero-order valence-electron chi connectivity index (χ0n) is 17.8. The lowest BCUT2D eigenvalue weighted by atomic mass is 10.1. The summed E-state index contributed by atoms with van der Waals surface area (Å²) in [6.07, 6.45) is 7.00. The maximum absolute atomic E-state index is 12.0. The Morgan fingerprint density at radius 2 is 1.76 bits per heavy atom. The van der Waals surface area contributed by atoms with Gasteiger partial charge in [0.05, 0.1) is 36.6 Å². The van der Waals surface area contributed by atoms with Crippen LogP contribution in [-0.4, -0.2) is 57.1 Å². The van der Waals surface area contributed by atoms with E-state index in [1.807, 2.05) is 10.8 Å². The topological polar surface area (TPSA) is 163 Å². The summed E-state index contributed by atoms with van der Waals surface area (Å²) in [6.45, 7) is 1.09. The van der Waals surface area contributed by atoms with Crippen LogP contribution in [0.15, 0.2) is 43.2 Å². The zero-order valence-corrected chi connectivity index (χ0v) is 17.8. The molecule has 0 aliphatic carbocycles. The van der Waals surface area contributed by atoms with E-state index in [0.29, 0.717) is 19.5 Å². The Bertz CT molecular complexity index is 1120. The third-order valence-corrected chi connectivity index (χ3v) is 4.49. The number of esters is 2. The lowest BCUT2D eigenvalue weighted by Gasteiger charge is -2.12. The molecule has 13 nitrogen and oxygen atoms in total. The molecule has 2 aromatic heterocycles. The number of benzene rings is 1. The summed E-state index contributed by atoms with van der Waals surface area (Å²) in [4.78, 5) is 47.1. The highest BCUT2D eigenvalue weighted by Crippen LogP contribution is 2.31. The molecule has 0 amide bonds. The van der Waals surface area contributed by atoms with Gasteiger partial charge in [0.15, 0.2) is 0 Å². The largest absolute Gasteiger partial charge is 0.465 e. The number of hydrogen-bond acceptors (Lipinski definition) is 11. The van der Waals surface area contributed by atoms with Gasteiger partial charge >= 0.3 is 17.6 Å². The maximum Gasteiger partial charge on any atom is 0.353 e. The van der Waals surface area contributed by atoms with Crippen LogP contribution in [0.4, 0.5) is 23.0 Å². The number of hydrogen-bond donors (Lipinski definition) is 2.